The molecule has 0 saturated carbocycles. The number of carbonyl (C=O) groups is 1. The van der Waals surface area contributed by atoms with Crippen molar-refractivity contribution in [1.82, 2.24) is 4.98 Å². The van der Waals surface area contributed by atoms with Crippen molar-refractivity contribution < 1.29 is 13.2 Å². The van der Waals surface area contributed by atoms with Gasteiger partial charge in [-0.25, -0.2) is 13.6 Å². The summed E-state index contributed by atoms with van der Waals surface area (Å²) in [6.07, 6.45) is 1.92. The van der Waals surface area contributed by atoms with E-state index in [0.717, 1.165) is 22.2 Å². The molecule has 1 amide bonds. The molecular weight excluding hydrogens is 302 g/mol. The Bertz CT molecular complexity index is 848. The van der Waals surface area contributed by atoms with Gasteiger partial charge < -0.3 is 4.90 Å². The zero-order valence-corrected chi connectivity index (χ0v) is 13.0. The summed E-state index contributed by atoms with van der Waals surface area (Å²) in [4.78, 5) is 18.3. The second-order valence-electron chi connectivity index (χ2n) is 5.71. The minimum Gasteiger partial charge on any atom is -0.311 e. The lowest BCUT2D eigenvalue weighted by Gasteiger charge is -2.19. The maximum Gasteiger partial charge on any atom is 0.227 e. The van der Waals surface area contributed by atoms with Crippen LogP contribution in [0.4, 0.5) is 5.69 Å². The lowest BCUT2D eigenvalue weighted by atomic mass is 10.1. The van der Waals surface area contributed by atoms with E-state index >= 15 is 0 Å². The smallest absolute Gasteiger partial charge is 0.227 e. The number of amides is 1. The molecule has 22 heavy (non-hydrogen) atoms. The zero-order chi connectivity index (χ0) is 15.9. The predicted octanol–water partition coefficient (Wildman–Crippen LogP) is 1.18. The summed E-state index contributed by atoms with van der Waals surface area (Å²) < 4.78 is 22.5. The Kier molecular flexibility index (Phi) is 3.62. The lowest BCUT2D eigenvalue weighted by molar-refractivity contribution is -0.117. The Balaban J connectivity index is 1.98. The number of sulfonamides is 1. The van der Waals surface area contributed by atoms with E-state index in [0.29, 0.717) is 6.54 Å². The first-order valence-corrected chi connectivity index (χ1v) is 8.72. The van der Waals surface area contributed by atoms with Gasteiger partial charge >= 0.3 is 0 Å². The number of nitrogens with two attached hydrogens (primary N) is 1. The molecule has 2 N–H and O–H groups in total. The number of nitrogens with zero attached hydrogens (tertiary/aromatic N) is 2. The van der Waals surface area contributed by atoms with E-state index in [2.05, 4.69) is 4.98 Å². The van der Waals surface area contributed by atoms with Crippen molar-refractivity contribution >= 4 is 32.5 Å². The average Bonchev–Trinajstić information content (AvgIpc) is 2.78. The molecule has 1 atom stereocenters. The van der Waals surface area contributed by atoms with Crippen LogP contribution in [0.15, 0.2) is 30.5 Å². The van der Waals surface area contributed by atoms with Crippen molar-refractivity contribution in [2.24, 2.45) is 11.1 Å². The highest BCUT2D eigenvalue weighted by Crippen LogP contribution is 2.32. The highest BCUT2D eigenvalue weighted by molar-refractivity contribution is 7.89. The first kappa shape index (κ1) is 14.9. The number of rotatable bonds is 3. The van der Waals surface area contributed by atoms with Gasteiger partial charge in [0.1, 0.15) is 0 Å². The first-order valence-electron chi connectivity index (χ1n) is 7.00. The maximum absolute atomic E-state index is 12.3. The molecule has 1 fully saturated rings. The van der Waals surface area contributed by atoms with Gasteiger partial charge in [-0.3, -0.25) is 9.78 Å². The number of pyridine rings is 1. The third-order valence-corrected chi connectivity index (χ3v) is 4.85. The Hall–Kier alpha value is -1.99. The second-order valence-corrected chi connectivity index (χ2v) is 7.36. The summed E-state index contributed by atoms with van der Waals surface area (Å²) in [5.41, 5.74) is 2.66. The molecule has 0 spiro atoms. The topological polar surface area (TPSA) is 93.4 Å². The number of carbonyl (C=O) groups excluding carboxylic acids is 1. The maximum atomic E-state index is 12.3. The quantitative estimate of drug-likeness (QED) is 0.919. The molecule has 2 aromatic rings. The van der Waals surface area contributed by atoms with Gasteiger partial charge in [-0.05, 0) is 30.7 Å². The van der Waals surface area contributed by atoms with Crippen LogP contribution in [0.2, 0.25) is 0 Å². The standard InChI is InChI=1S/C15H17N3O3S/c1-10-4-5-13(12-3-2-6-17-15(10)12)18-8-11(7-14(18)19)9-22(16,20)21/h2-6,11H,7-9H2,1H3,(H2,16,20,21). The largest absolute Gasteiger partial charge is 0.311 e. The molecule has 7 heteroatoms. The number of benzene rings is 1. The molecule has 1 aromatic heterocycles. The molecular formula is C15H17N3O3S. The van der Waals surface area contributed by atoms with E-state index in [-0.39, 0.29) is 24.0 Å². The minimum atomic E-state index is -3.58. The van der Waals surface area contributed by atoms with E-state index in [9.17, 15) is 13.2 Å². The molecule has 116 valence electrons. The van der Waals surface area contributed by atoms with Crippen LogP contribution in [0.25, 0.3) is 10.9 Å². The van der Waals surface area contributed by atoms with Gasteiger partial charge in [-0.15, -0.1) is 0 Å². The van der Waals surface area contributed by atoms with E-state index in [4.69, 9.17) is 5.14 Å². The van der Waals surface area contributed by atoms with E-state index < -0.39 is 10.0 Å². The predicted molar refractivity (Wildman–Crippen MR) is 84.9 cm³/mol. The van der Waals surface area contributed by atoms with Gasteiger partial charge in [0.05, 0.1) is 17.0 Å². The molecule has 1 aliphatic rings. The van der Waals surface area contributed by atoms with Crippen LogP contribution >= 0.6 is 0 Å². The molecule has 2 heterocycles. The highest BCUT2D eigenvalue weighted by atomic mass is 32.2. The lowest BCUT2D eigenvalue weighted by Crippen LogP contribution is -2.27. The van der Waals surface area contributed by atoms with Crippen molar-refractivity contribution in [3.63, 3.8) is 0 Å². The Morgan fingerprint density at radius 2 is 2.14 bits per heavy atom. The number of aromatic nitrogens is 1. The summed E-state index contributed by atoms with van der Waals surface area (Å²) in [5.74, 6) is -0.518. The number of hydrogen-bond acceptors (Lipinski definition) is 4. The van der Waals surface area contributed by atoms with E-state index in [1.54, 1.807) is 11.1 Å². The summed E-state index contributed by atoms with van der Waals surface area (Å²) in [5, 5.41) is 5.98. The number of anilines is 1. The molecule has 0 radical (unpaired) electrons. The first-order chi connectivity index (χ1) is 10.3. The third kappa shape index (κ3) is 2.82. The molecule has 1 aromatic carbocycles. The van der Waals surface area contributed by atoms with Gasteiger partial charge in [0.15, 0.2) is 0 Å². The van der Waals surface area contributed by atoms with Crippen molar-refractivity contribution in [1.29, 1.82) is 0 Å². The van der Waals surface area contributed by atoms with Gasteiger partial charge in [-0.1, -0.05) is 6.07 Å². The van der Waals surface area contributed by atoms with Crippen LogP contribution in [0.1, 0.15) is 12.0 Å². The Morgan fingerprint density at radius 3 is 2.86 bits per heavy atom. The van der Waals surface area contributed by atoms with Crippen LogP contribution in [0.3, 0.4) is 0 Å². The SMILES string of the molecule is Cc1ccc(N2CC(CS(N)(=O)=O)CC2=O)c2cccnc12. The zero-order valence-electron chi connectivity index (χ0n) is 12.2. The monoisotopic (exact) mass is 319 g/mol. The van der Waals surface area contributed by atoms with Crippen LogP contribution < -0.4 is 10.0 Å². The van der Waals surface area contributed by atoms with Gasteiger partial charge in [0.25, 0.3) is 0 Å². The second kappa shape index (κ2) is 5.33. The molecule has 1 saturated heterocycles. The summed E-state index contributed by atoms with van der Waals surface area (Å²) >= 11 is 0. The van der Waals surface area contributed by atoms with Crippen LogP contribution in [0.5, 0.6) is 0 Å². The highest BCUT2D eigenvalue weighted by Gasteiger charge is 2.33. The summed E-state index contributed by atoms with van der Waals surface area (Å²) in [7, 11) is -3.58. The van der Waals surface area contributed by atoms with Gasteiger partial charge in [0.2, 0.25) is 15.9 Å². The molecule has 6 nitrogen and oxygen atoms in total. The molecule has 3 rings (SSSR count). The van der Waals surface area contributed by atoms with Crippen LogP contribution in [0, 0.1) is 12.8 Å². The number of primary sulfonamides is 1. The number of fused-ring (bicyclic) bond motifs is 1. The third-order valence-electron chi connectivity index (χ3n) is 3.91. The molecule has 1 unspecified atom stereocenters. The molecule has 0 aliphatic carbocycles. The normalized spacial score (nSPS) is 19.1. The Labute approximate surface area is 129 Å². The van der Waals surface area contributed by atoms with Gasteiger partial charge in [-0.2, -0.15) is 0 Å². The van der Waals surface area contributed by atoms with Gasteiger partial charge in [0, 0.05) is 30.5 Å². The fourth-order valence-corrected chi connectivity index (χ4v) is 3.87. The number of hydrogen-bond donors (Lipinski definition) is 1. The number of aryl methyl sites for hydroxylation is 1. The van der Waals surface area contributed by atoms with E-state index in [1.165, 1.54) is 0 Å². The van der Waals surface area contributed by atoms with Crippen molar-refractivity contribution in [3.05, 3.63) is 36.0 Å². The summed E-state index contributed by atoms with van der Waals surface area (Å²) in [6.45, 7) is 2.33. The van der Waals surface area contributed by atoms with Crippen molar-refractivity contribution in [3.8, 4) is 0 Å². The molecule has 0 bridgehead atoms. The average molecular weight is 319 g/mol. The Morgan fingerprint density at radius 1 is 1.36 bits per heavy atom. The molecule has 1 aliphatic heterocycles. The van der Waals surface area contributed by atoms with E-state index in [1.807, 2.05) is 31.2 Å². The fraction of sp³-hybridized carbons (Fsp3) is 0.333. The van der Waals surface area contributed by atoms with Crippen LogP contribution in [-0.2, 0) is 14.8 Å². The minimum absolute atomic E-state index is 0.0809. The fourth-order valence-electron chi connectivity index (χ4n) is 2.99. The van der Waals surface area contributed by atoms with Crippen LogP contribution in [-0.4, -0.2) is 31.6 Å². The summed E-state index contributed by atoms with van der Waals surface area (Å²) in [6, 6.07) is 7.56. The van der Waals surface area contributed by atoms with Crippen molar-refractivity contribution in [2.75, 3.05) is 17.2 Å². The van der Waals surface area contributed by atoms with Crippen molar-refractivity contribution in [2.45, 2.75) is 13.3 Å².